The van der Waals surface area contributed by atoms with Crippen molar-refractivity contribution in [2.75, 3.05) is 13.2 Å². The summed E-state index contributed by atoms with van der Waals surface area (Å²) in [6.45, 7) is 6.57. The van der Waals surface area contributed by atoms with Crippen LogP contribution in [-0.2, 0) is 28.6 Å². The van der Waals surface area contributed by atoms with E-state index in [-0.39, 0.29) is 31.1 Å². The average Bonchev–Trinajstić information content (AvgIpc) is 3.41. The predicted octanol–water partition coefficient (Wildman–Crippen LogP) is 22.3. The van der Waals surface area contributed by atoms with E-state index in [1.54, 1.807) is 0 Å². The average molecular weight is 1050 g/mol. The van der Waals surface area contributed by atoms with Crippen LogP contribution in [-0.4, -0.2) is 37.2 Å². The van der Waals surface area contributed by atoms with Crippen LogP contribution in [0.25, 0.3) is 0 Å². The summed E-state index contributed by atoms with van der Waals surface area (Å²) in [6, 6.07) is 0. The van der Waals surface area contributed by atoms with Crippen molar-refractivity contribution in [2.45, 2.75) is 348 Å². The van der Waals surface area contributed by atoms with Gasteiger partial charge in [-0.2, -0.15) is 0 Å². The number of rotatable bonds is 60. The Morgan fingerprint density at radius 2 is 0.480 bits per heavy atom. The zero-order valence-electron chi connectivity index (χ0n) is 50.1. The van der Waals surface area contributed by atoms with Gasteiger partial charge in [-0.3, -0.25) is 14.4 Å². The Bertz CT molecular complexity index is 1340. The highest BCUT2D eigenvalue weighted by molar-refractivity contribution is 5.71. The van der Waals surface area contributed by atoms with E-state index in [1.807, 2.05) is 0 Å². The summed E-state index contributed by atoms with van der Waals surface area (Å²) in [6.07, 6.45) is 81.4. The van der Waals surface area contributed by atoms with Crippen molar-refractivity contribution in [1.82, 2.24) is 0 Å². The highest BCUT2D eigenvalue weighted by atomic mass is 16.6. The third-order valence-electron chi connectivity index (χ3n) is 14.5. The molecule has 0 aromatic heterocycles. The summed E-state index contributed by atoms with van der Waals surface area (Å²) in [5.41, 5.74) is 0. The topological polar surface area (TPSA) is 78.9 Å². The van der Waals surface area contributed by atoms with Crippen molar-refractivity contribution in [1.29, 1.82) is 0 Å². The van der Waals surface area contributed by atoms with E-state index in [2.05, 4.69) is 81.5 Å². The van der Waals surface area contributed by atoms with Crippen molar-refractivity contribution in [3.63, 3.8) is 0 Å². The number of hydrogen-bond donors (Lipinski definition) is 0. The lowest BCUT2D eigenvalue weighted by Crippen LogP contribution is -2.30. The quantitative estimate of drug-likeness (QED) is 0.0261. The Labute approximate surface area is 466 Å². The Morgan fingerprint density at radius 3 is 0.747 bits per heavy atom. The molecule has 0 aliphatic heterocycles. The second kappa shape index (κ2) is 63.6. The molecular weight excluding hydrogens is 925 g/mol. The Kier molecular flexibility index (Phi) is 61.2. The summed E-state index contributed by atoms with van der Waals surface area (Å²) in [5, 5.41) is 0. The van der Waals surface area contributed by atoms with Crippen LogP contribution in [0.15, 0.2) is 60.8 Å². The molecule has 0 aliphatic rings. The molecular formula is C69H124O6. The lowest BCUT2D eigenvalue weighted by Gasteiger charge is -2.18. The van der Waals surface area contributed by atoms with Crippen molar-refractivity contribution in [3.05, 3.63) is 60.8 Å². The Hall–Kier alpha value is -2.89. The second-order valence-electron chi connectivity index (χ2n) is 22.0. The van der Waals surface area contributed by atoms with Crippen LogP contribution in [0.1, 0.15) is 342 Å². The molecule has 0 amide bonds. The fraction of sp³-hybridized carbons (Fsp3) is 0.812. The molecule has 436 valence electrons. The fourth-order valence-electron chi connectivity index (χ4n) is 9.54. The van der Waals surface area contributed by atoms with E-state index in [1.165, 1.54) is 218 Å². The van der Waals surface area contributed by atoms with Gasteiger partial charge in [-0.25, -0.2) is 0 Å². The summed E-state index contributed by atoms with van der Waals surface area (Å²) in [7, 11) is 0. The summed E-state index contributed by atoms with van der Waals surface area (Å²) >= 11 is 0. The first-order valence-corrected chi connectivity index (χ1v) is 32.8. The molecule has 1 unspecified atom stereocenters. The number of ether oxygens (including phenoxy) is 3. The van der Waals surface area contributed by atoms with E-state index < -0.39 is 6.10 Å². The molecule has 0 radical (unpaired) electrons. The van der Waals surface area contributed by atoms with Gasteiger partial charge in [-0.15, -0.1) is 0 Å². The van der Waals surface area contributed by atoms with Crippen LogP contribution in [0.2, 0.25) is 0 Å². The number of carbonyl (C=O) groups excluding carboxylic acids is 3. The molecule has 0 N–H and O–H groups in total. The lowest BCUT2D eigenvalue weighted by molar-refractivity contribution is -0.167. The molecule has 6 heteroatoms. The third kappa shape index (κ3) is 61.8. The third-order valence-corrected chi connectivity index (χ3v) is 14.5. The molecule has 0 bridgehead atoms. The zero-order valence-corrected chi connectivity index (χ0v) is 50.1. The van der Waals surface area contributed by atoms with Gasteiger partial charge in [-0.05, 0) is 89.9 Å². The van der Waals surface area contributed by atoms with E-state index >= 15 is 0 Å². The summed E-state index contributed by atoms with van der Waals surface area (Å²) in [5.74, 6) is -0.874. The molecule has 0 aromatic rings. The number of esters is 3. The molecule has 75 heavy (non-hydrogen) atoms. The first kappa shape index (κ1) is 72.1. The monoisotopic (exact) mass is 1050 g/mol. The first-order valence-electron chi connectivity index (χ1n) is 32.8. The molecule has 0 heterocycles. The number of hydrogen-bond acceptors (Lipinski definition) is 6. The highest BCUT2D eigenvalue weighted by Gasteiger charge is 2.19. The number of allylic oxidation sites excluding steroid dienone is 10. The van der Waals surface area contributed by atoms with E-state index in [4.69, 9.17) is 14.2 Å². The number of unbranched alkanes of at least 4 members (excludes halogenated alkanes) is 39. The van der Waals surface area contributed by atoms with Crippen LogP contribution < -0.4 is 0 Å². The molecule has 0 spiro atoms. The van der Waals surface area contributed by atoms with Gasteiger partial charge < -0.3 is 14.2 Å². The van der Waals surface area contributed by atoms with Crippen LogP contribution in [0.5, 0.6) is 0 Å². The summed E-state index contributed by atoms with van der Waals surface area (Å²) in [4.78, 5) is 37.9. The molecule has 0 fully saturated rings. The minimum Gasteiger partial charge on any atom is -0.462 e. The largest absolute Gasteiger partial charge is 0.462 e. The smallest absolute Gasteiger partial charge is 0.306 e. The minimum absolute atomic E-state index is 0.0729. The van der Waals surface area contributed by atoms with Gasteiger partial charge in [0.25, 0.3) is 0 Å². The van der Waals surface area contributed by atoms with Crippen molar-refractivity contribution >= 4 is 17.9 Å². The van der Waals surface area contributed by atoms with Gasteiger partial charge in [-0.1, -0.05) is 293 Å². The lowest BCUT2D eigenvalue weighted by atomic mass is 10.0. The Balaban J connectivity index is 4.00. The fourth-order valence-corrected chi connectivity index (χ4v) is 9.54. The van der Waals surface area contributed by atoms with Crippen LogP contribution in [0, 0.1) is 0 Å². The standard InChI is InChI=1S/C69H124O6/c1-4-7-10-13-15-17-19-21-23-25-27-29-31-32-33-34-35-36-38-39-41-43-45-47-49-51-53-56-59-62-68(71)74-65-66(64-73-67(70)61-58-55-12-9-6-3)75-69(72)63-60-57-54-52-50-48-46-44-42-40-37-30-28-26-24-22-20-18-16-14-11-8-5-2/h19-22,25-28,31-32,66H,4-18,23-24,29-30,33-65H2,1-3H3/b21-19-,22-20-,27-25-,28-26-,32-31-. The molecule has 0 aromatic carbocycles. The molecule has 1 atom stereocenters. The first-order chi connectivity index (χ1) is 37.0. The maximum atomic E-state index is 12.8. The van der Waals surface area contributed by atoms with Gasteiger partial charge in [0.2, 0.25) is 0 Å². The van der Waals surface area contributed by atoms with Gasteiger partial charge in [0.05, 0.1) is 0 Å². The van der Waals surface area contributed by atoms with Gasteiger partial charge in [0, 0.05) is 19.3 Å². The van der Waals surface area contributed by atoms with Gasteiger partial charge in [0.15, 0.2) is 6.10 Å². The van der Waals surface area contributed by atoms with E-state index in [0.29, 0.717) is 19.3 Å². The summed E-state index contributed by atoms with van der Waals surface area (Å²) < 4.78 is 16.8. The number of carbonyl (C=O) groups is 3. The normalized spacial score (nSPS) is 12.4. The van der Waals surface area contributed by atoms with Crippen LogP contribution >= 0.6 is 0 Å². The maximum absolute atomic E-state index is 12.8. The van der Waals surface area contributed by atoms with E-state index in [9.17, 15) is 14.4 Å². The highest BCUT2D eigenvalue weighted by Crippen LogP contribution is 2.17. The molecule has 0 aliphatic carbocycles. The second-order valence-corrected chi connectivity index (χ2v) is 22.0. The molecule has 0 saturated carbocycles. The Morgan fingerprint density at radius 1 is 0.267 bits per heavy atom. The zero-order chi connectivity index (χ0) is 54.3. The SMILES string of the molecule is CCCCCCC/C=C\C/C=C\C/C=C\CCCCCCCCCCCCCCCCC(=O)OCC(COC(=O)CCCCCCC)OC(=O)CCCCCCCCCCCCC/C=C\C/C=C\CCCCCCC. The molecule has 0 saturated heterocycles. The molecule has 6 nitrogen and oxygen atoms in total. The van der Waals surface area contributed by atoms with Crippen LogP contribution in [0.3, 0.4) is 0 Å². The van der Waals surface area contributed by atoms with Crippen molar-refractivity contribution in [3.8, 4) is 0 Å². The van der Waals surface area contributed by atoms with Crippen molar-refractivity contribution < 1.29 is 28.6 Å². The van der Waals surface area contributed by atoms with Gasteiger partial charge in [0.1, 0.15) is 13.2 Å². The maximum Gasteiger partial charge on any atom is 0.306 e. The predicted molar refractivity (Wildman–Crippen MR) is 325 cm³/mol. The molecule has 0 rings (SSSR count). The van der Waals surface area contributed by atoms with E-state index in [0.717, 1.165) is 83.5 Å². The van der Waals surface area contributed by atoms with Gasteiger partial charge >= 0.3 is 17.9 Å². The minimum atomic E-state index is -0.771. The van der Waals surface area contributed by atoms with Crippen molar-refractivity contribution in [2.24, 2.45) is 0 Å². The van der Waals surface area contributed by atoms with Crippen LogP contribution in [0.4, 0.5) is 0 Å².